The summed E-state index contributed by atoms with van der Waals surface area (Å²) in [4.78, 5) is 36.9. The number of carbonyl (C=O) groups excluding carboxylic acids is 3. The number of hydrogen-bond donors (Lipinski definition) is 1. The van der Waals surface area contributed by atoms with Gasteiger partial charge in [-0.25, -0.2) is 4.79 Å². The summed E-state index contributed by atoms with van der Waals surface area (Å²) in [7, 11) is 0. The molecule has 1 heterocycles. The number of esters is 1. The second-order valence-electron chi connectivity index (χ2n) is 6.80. The topological polar surface area (TPSA) is 72.5 Å². The van der Waals surface area contributed by atoms with Gasteiger partial charge in [-0.1, -0.05) is 20.8 Å². The zero-order valence-corrected chi connectivity index (χ0v) is 17.4. The number of hydrogen-bond acceptors (Lipinski definition) is 5. The van der Waals surface area contributed by atoms with E-state index in [0.717, 1.165) is 3.79 Å². The summed E-state index contributed by atoms with van der Waals surface area (Å²) in [6.45, 7) is 7.01. The molecule has 138 valence electrons. The van der Waals surface area contributed by atoms with Crippen LogP contribution >= 0.6 is 27.3 Å². The molecule has 1 unspecified atom stereocenters. The number of ether oxygens (including phenoxy) is 1. The molecule has 2 rings (SSSR count). The predicted octanol–water partition coefficient (Wildman–Crippen LogP) is 4.92. The molecular weight excluding hydrogens is 418 g/mol. The molecule has 0 aliphatic heterocycles. The van der Waals surface area contributed by atoms with Crippen LogP contribution < -0.4 is 5.32 Å². The number of nitrogens with one attached hydrogen (secondary N) is 1. The fourth-order valence-electron chi connectivity index (χ4n) is 1.97. The lowest BCUT2D eigenvalue weighted by molar-refractivity contribution is -0.123. The Morgan fingerprint density at radius 1 is 1.08 bits per heavy atom. The van der Waals surface area contributed by atoms with Crippen molar-refractivity contribution in [1.29, 1.82) is 0 Å². The predicted molar refractivity (Wildman–Crippen MR) is 106 cm³/mol. The van der Waals surface area contributed by atoms with E-state index < -0.39 is 17.5 Å². The number of amides is 1. The highest BCUT2D eigenvalue weighted by Crippen LogP contribution is 2.23. The van der Waals surface area contributed by atoms with Crippen LogP contribution in [0.15, 0.2) is 40.2 Å². The maximum Gasteiger partial charge on any atom is 0.349 e. The van der Waals surface area contributed by atoms with Crippen LogP contribution in [0.5, 0.6) is 0 Å². The van der Waals surface area contributed by atoms with E-state index in [1.807, 2.05) is 20.8 Å². The summed E-state index contributed by atoms with van der Waals surface area (Å²) in [6.07, 6.45) is -0.904. The molecule has 5 nitrogen and oxygen atoms in total. The minimum atomic E-state index is -0.904. The molecule has 26 heavy (non-hydrogen) atoms. The van der Waals surface area contributed by atoms with Crippen molar-refractivity contribution in [3.8, 4) is 0 Å². The quantitative estimate of drug-likeness (QED) is 0.531. The van der Waals surface area contributed by atoms with E-state index in [4.69, 9.17) is 4.74 Å². The molecule has 1 N–H and O–H groups in total. The Bertz CT molecular complexity index is 821. The van der Waals surface area contributed by atoms with Crippen LogP contribution in [0.3, 0.4) is 0 Å². The van der Waals surface area contributed by atoms with Gasteiger partial charge in [-0.15, -0.1) is 11.3 Å². The summed E-state index contributed by atoms with van der Waals surface area (Å²) >= 11 is 4.53. The van der Waals surface area contributed by atoms with Crippen LogP contribution in [0.4, 0.5) is 5.69 Å². The fraction of sp³-hybridized carbons (Fsp3) is 0.316. The lowest BCUT2D eigenvalue weighted by atomic mass is 9.95. The van der Waals surface area contributed by atoms with Gasteiger partial charge in [0.05, 0.1) is 3.79 Å². The third-order valence-electron chi connectivity index (χ3n) is 3.54. The summed E-state index contributed by atoms with van der Waals surface area (Å²) in [6, 6.07) is 9.91. The Hall–Kier alpha value is -1.99. The standard InChI is InChI=1S/C19H20BrNO4S/c1-11(25-17(23)14-9-10-15(20)26-14)16(22)12-5-7-13(8-6-12)21-18(24)19(2,3)4/h5-11H,1-4H3,(H,21,24). The van der Waals surface area contributed by atoms with Crippen molar-refractivity contribution >= 4 is 50.6 Å². The maximum absolute atomic E-state index is 12.4. The van der Waals surface area contributed by atoms with Gasteiger partial charge in [0.25, 0.3) is 0 Å². The summed E-state index contributed by atoms with van der Waals surface area (Å²) < 4.78 is 6.05. The number of thiophene rings is 1. The Labute approximate surface area is 164 Å². The van der Waals surface area contributed by atoms with Gasteiger partial charge in [-0.2, -0.15) is 0 Å². The van der Waals surface area contributed by atoms with Crippen molar-refractivity contribution in [3.05, 3.63) is 50.6 Å². The molecule has 0 bridgehead atoms. The number of halogens is 1. The van der Waals surface area contributed by atoms with Crippen molar-refractivity contribution in [2.75, 3.05) is 5.32 Å². The van der Waals surface area contributed by atoms with Gasteiger partial charge in [0, 0.05) is 16.7 Å². The fourth-order valence-corrected chi connectivity index (χ4v) is 3.24. The van der Waals surface area contributed by atoms with Crippen molar-refractivity contribution in [1.82, 2.24) is 0 Å². The maximum atomic E-state index is 12.4. The first-order chi connectivity index (χ1) is 12.1. The van der Waals surface area contributed by atoms with E-state index in [2.05, 4.69) is 21.2 Å². The summed E-state index contributed by atoms with van der Waals surface area (Å²) in [5, 5.41) is 2.79. The van der Waals surface area contributed by atoms with Crippen LogP contribution in [-0.2, 0) is 9.53 Å². The van der Waals surface area contributed by atoms with E-state index in [1.165, 1.54) is 18.3 Å². The number of carbonyl (C=O) groups is 3. The van der Waals surface area contributed by atoms with Gasteiger partial charge >= 0.3 is 5.97 Å². The van der Waals surface area contributed by atoms with Crippen molar-refractivity contribution < 1.29 is 19.1 Å². The first kappa shape index (κ1) is 20.3. The molecule has 0 spiro atoms. The molecule has 7 heteroatoms. The van der Waals surface area contributed by atoms with Gasteiger partial charge in [0.2, 0.25) is 11.7 Å². The number of ketones is 1. The van der Waals surface area contributed by atoms with Gasteiger partial charge < -0.3 is 10.1 Å². The van der Waals surface area contributed by atoms with Gasteiger partial charge in [0.15, 0.2) is 6.10 Å². The average molecular weight is 438 g/mol. The van der Waals surface area contributed by atoms with Crippen molar-refractivity contribution in [2.45, 2.75) is 33.8 Å². The molecule has 2 aromatic rings. The summed E-state index contributed by atoms with van der Waals surface area (Å²) in [5.74, 6) is -0.945. The minimum Gasteiger partial charge on any atom is -0.450 e. The molecule has 1 aromatic carbocycles. The Morgan fingerprint density at radius 2 is 1.69 bits per heavy atom. The Kier molecular flexibility index (Phi) is 6.36. The highest BCUT2D eigenvalue weighted by atomic mass is 79.9. The molecule has 1 atom stereocenters. The number of Topliss-reactive ketones (excluding diaryl/α,β-unsaturated/α-hetero) is 1. The van der Waals surface area contributed by atoms with Crippen molar-refractivity contribution in [2.24, 2.45) is 5.41 Å². The van der Waals surface area contributed by atoms with E-state index in [0.29, 0.717) is 16.1 Å². The molecule has 0 aliphatic carbocycles. The smallest absolute Gasteiger partial charge is 0.349 e. The number of benzene rings is 1. The SMILES string of the molecule is CC(OC(=O)c1ccc(Br)s1)C(=O)c1ccc(NC(=O)C(C)(C)C)cc1. The van der Waals surface area contributed by atoms with E-state index in [1.54, 1.807) is 36.4 Å². The molecule has 0 saturated carbocycles. The van der Waals surface area contributed by atoms with E-state index in [9.17, 15) is 14.4 Å². The molecule has 0 aliphatic rings. The number of anilines is 1. The normalized spacial score (nSPS) is 12.3. The van der Waals surface area contributed by atoms with Gasteiger partial charge in [-0.3, -0.25) is 9.59 Å². The molecule has 1 aromatic heterocycles. The highest BCUT2D eigenvalue weighted by Gasteiger charge is 2.23. The molecule has 0 radical (unpaired) electrons. The monoisotopic (exact) mass is 437 g/mol. The van der Waals surface area contributed by atoms with Crippen LogP contribution in [-0.4, -0.2) is 23.8 Å². The lowest BCUT2D eigenvalue weighted by Gasteiger charge is -2.18. The molecule has 0 fully saturated rings. The van der Waals surface area contributed by atoms with Gasteiger partial charge in [0.1, 0.15) is 4.88 Å². The van der Waals surface area contributed by atoms with E-state index in [-0.39, 0.29) is 11.7 Å². The average Bonchev–Trinajstić information content (AvgIpc) is 3.00. The third kappa shape index (κ3) is 5.25. The van der Waals surface area contributed by atoms with Crippen LogP contribution in [0.25, 0.3) is 0 Å². The van der Waals surface area contributed by atoms with Crippen LogP contribution in [0, 0.1) is 5.41 Å². The van der Waals surface area contributed by atoms with Crippen LogP contribution in [0.1, 0.15) is 47.7 Å². The van der Waals surface area contributed by atoms with Crippen LogP contribution in [0.2, 0.25) is 0 Å². The largest absolute Gasteiger partial charge is 0.450 e. The van der Waals surface area contributed by atoms with E-state index >= 15 is 0 Å². The Morgan fingerprint density at radius 3 is 2.19 bits per heavy atom. The first-order valence-corrected chi connectivity index (χ1v) is 9.61. The zero-order chi connectivity index (χ0) is 19.5. The van der Waals surface area contributed by atoms with Crippen molar-refractivity contribution in [3.63, 3.8) is 0 Å². The van der Waals surface area contributed by atoms with Gasteiger partial charge in [-0.05, 0) is 59.3 Å². The Balaban J connectivity index is 2.00. The minimum absolute atomic E-state index is 0.110. The number of rotatable bonds is 5. The molecular formula is C19H20BrNO4S. The lowest BCUT2D eigenvalue weighted by Crippen LogP contribution is -2.27. The molecule has 0 saturated heterocycles. The third-order valence-corrected chi connectivity index (χ3v) is 5.14. The second kappa shape index (κ2) is 8.14. The molecule has 1 amide bonds. The highest BCUT2D eigenvalue weighted by molar-refractivity contribution is 9.11. The zero-order valence-electron chi connectivity index (χ0n) is 15.0. The second-order valence-corrected chi connectivity index (χ2v) is 9.26. The first-order valence-electron chi connectivity index (χ1n) is 8.00. The summed E-state index contributed by atoms with van der Waals surface area (Å²) in [5.41, 5.74) is 0.509.